The summed E-state index contributed by atoms with van der Waals surface area (Å²) >= 11 is 0. The molecule has 2 aromatic carbocycles. The molecule has 0 atom stereocenters. The summed E-state index contributed by atoms with van der Waals surface area (Å²) in [5.74, 6) is -0.430. The molecule has 9 heteroatoms. The lowest BCUT2D eigenvalue weighted by atomic mass is 10.2. The van der Waals surface area contributed by atoms with Gasteiger partial charge in [0.2, 0.25) is 10.0 Å². The number of sulfone groups is 1. The molecular weight excluding hydrogens is 436 g/mol. The molecule has 1 N–H and O–H groups in total. The summed E-state index contributed by atoms with van der Waals surface area (Å²) in [7, 11) is -6.94. The number of sulfonamides is 1. The third kappa shape index (κ3) is 6.15. The number of rotatable bonds is 8. The lowest BCUT2D eigenvalue weighted by molar-refractivity contribution is 0.0953. The number of hydrogen-bond donors (Lipinski definition) is 1. The van der Waals surface area contributed by atoms with Crippen LogP contribution in [0.4, 0.5) is 0 Å². The minimum atomic E-state index is -3.56. The Balaban J connectivity index is 1.53. The second kappa shape index (κ2) is 10.4. The van der Waals surface area contributed by atoms with Gasteiger partial charge in [0.15, 0.2) is 9.84 Å². The summed E-state index contributed by atoms with van der Waals surface area (Å²) in [6.07, 6.45) is 4.08. The number of benzene rings is 2. The fourth-order valence-electron chi connectivity index (χ4n) is 3.52. The fourth-order valence-corrected chi connectivity index (χ4v) is 6.37. The monoisotopic (exact) mass is 464 g/mol. The zero-order chi connectivity index (χ0) is 22.3. The van der Waals surface area contributed by atoms with Gasteiger partial charge in [0.1, 0.15) is 0 Å². The maximum atomic E-state index is 12.8. The summed E-state index contributed by atoms with van der Waals surface area (Å²) in [5.41, 5.74) is 0.334. The first-order valence-corrected chi connectivity index (χ1v) is 13.6. The molecular formula is C22H28N2O5S2. The van der Waals surface area contributed by atoms with Gasteiger partial charge in [-0.15, -0.1) is 0 Å². The maximum Gasteiger partial charge on any atom is 0.251 e. The van der Waals surface area contributed by atoms with E-state index in [1.54, 1.807) is 30.3 Å². The molecule has 0 unspecified atom stereocenters. The van der Waals surface area contributed by atoms with Crippen molar-refractivity contribution in [2.24, 2.45) is 0 Å². The Bertz CT molecular complexity index is 1070. The van der Waals surface area contributed by atoms with Crippen molar-refractivity contribution >= 4 is 25.8 Å². The van der Waals surface area contributed by atoms with Gasteiger partial charge in [0.25, 0.3) is 5.91 Å². The van der Waals surface area contributed by atoms with Crippen LogP contribution in [0.15, 0.2) is 64.4 Å². The molecule has 1 saturated heterocycles. The number of carbonyl (C=O) groups is 1. The van der Waals surface area contributed by atoms with Crippen LogP contribution in [0.1, 0.15) is 42.5 Å². The Morgan fingerprint density at radius 3 is 2.03 bits per heavy atom. The maximum absolute atomic E-state index is 12.8. The van der Waals surface area contributed by atoms with Gasteiger partial charge in [0.05, 0.1) is 15.5 Å². The zero-order valence-electron chi connectivity index (χ0n) is 17.4. The minimum absolute atomic E-state index is 0.0652. The molecule has 0 aliphatic carbocycles. The zero-order valence-corrected chi connectivity index (χ0v) is 19.0. The largest absolute Gasteiger partial charge is 0.352 e. The van der Waals surface area contributed by atoms with Crippen LogP contribution in [0.3, 0.4) is 0 Å². The highest BCUT2D eigenvalue weighted by molar-refractivity contribution is 7.91. The molecule has 1 amide bonds. The highest BCUT2D eigenvalue weighted by Crippen LogP contribution is 2.20. The first-order valence-electron chi connectivity index (χ1n) is 10.5. The Hall–Kier alpha value is -2.23. The highest BCUT2D eigenvalue weighted by Gasteiger charge is 2.25. The van der Waals surface area contributed by atoms with Crippen LogP contribution in [-0.4, -0.2) is 52.4 Å². The third-order valence-electron chi connectivity index (χ3n) is 5.30. The number of nitrogens with zero attached hydrogens (tertiary/aromatic N) is 1. The van der Waals surface area contributed by atoms with E-state index in [1.807, 2.05) is 0 Å². The molecule has 0 spiro atoms. The smallest absolute Gasteiger partial charge is 0.251 e. The van der Waals surface area contributed by atoms with Gasteiger partial charge in [-0.1, -0.05) is 31.0 Å². The summed E-state index contributed by atoms with van der Waals surface area (Å²) < 4.78 is 51.7. The molecule has 1 heterocycles. The van der Waals surface area contributed by atoms with E-state index in [1.165, 1.54) is 28.6 Å². The van der Waals surface area contributed by atoms with Crippen LogP contribution in [0, 0.1) is 0 Å². The van der Waals surface area contributed by atoms with Gasteiger partial charge >= 0.3 is 0 Å². The second-order valence-corrected chi connectivity index (χ2v) is 11.6. The second-order valence-electron chi connectivity index (χ2n) is 7.58. The quantitative estimate of drug-likeness (QED) is 0.606. The first kappa shape index (κ1) is 23.4. The Morgan fingerprint density at radius 2 is 1.42 bits per heavy atom. The fraction of sp³-hybridized carbons (Fsp3) is 0.409. The predicted molar refractivity (Wildman–Crippen MR) is 119 cm³/mol. The molecule has 2 aromatic rings. The van der Waals surface area contributed by atoms with Crippen molar-refractivity contribution in [3.05, 3.63) is 60.2 Å². The molecule has 31 heavy (non-hydrogen) atoms. The molecule has 168 valence electrons. The summed E-state index contributed by atoms with van der Waals surface area (Å²) in [6.45, 7) is 1.26. The topological polar surface area (TPSA) is 101 Å². The summed E-state index contributed by atoms with van der Waals surface area (Å²) in [5, 5.41) is 2.69. The van der Waals surface area contributed by atoms with E-state index in [2.05, 4.69) is 5.32 Å². The van der Waals surface area contributed by atoms with Gasteiger partial charge in [-0.2, -0.15) is 4.31 Å². The van der Waals surface area contributed by atoms with E-state index < -0.39 is 19.9 Å². The Labute approximate surface area is 184 Å². The van der Waals surface area contributed by atoms with Crippen molar-refractivity contribution in [2.75, 3.05) is 25.4 Å². The van der Waals surface area contributed by atoms with Crippen molar-refractivity contribution < 1.29 is 21.6 Å². The van der Waals surface area contributed by atoms with E-state index in [0.717, 1.165) is 25.7 Å². The standard InChI is InChI=1S/C22H28N2O5S2/c25-22(23-15-8-18-30(26,27)20-9-4-3-5-10-20)19-11-13-21(14-12-19)31(28,29)24-16-6-1-2-7-17-24/h3-5,9-14H,1-2,6-8,15-18H2,(H,23,25). The van der Waals surface area contributed by atoms with Crippen LogP contribution in [-0.2, 0) is 19.9 Å². The van der Waals surface area contributed by atoms with E-state index in [4.69, 9.17) is 0 Å². The molecule has 1 aliphatic heterocycles. The van der Waals surface area contributed by atoms with Crippen LogP contribution < -0.4 is 5.32 Å². The minimum Gasteiger partial charge on any atom is -0.352 e. The van der Waals surface area contributed by atoms with Crippen molar-refractivity contribution in [3.8, 4) is 0 Å². The lowest BCUT2D eigenvalue weighted by Gasteiger charge is -2.20. The van der Waals surface area contributed by atoms with Gasteiger partial charge in [-0.25, -0.2) is 16.8 Å². The third-order valence-corrected chi connectivity index (χ3v) is 9.03. The molecule has 0 radical (unpaired) electrons. The van der Waals surface area contributed by atoms with Crippen molar-refractivity contribution in [1.82, 2.24) is 9.62 Å². The van der Waals surface area contributed by atoms with E-state index in [-0.39, 0.29) is 34.4 Å². The Kier molecular flexibility index (Phi) is 7.85. The van der Waals surface area contributed by atoms with E-state index in [0.29, 0.717) is 18.7 Å². The summed E-state index contributed by atoms with van der Waals surface area (Å²) in [6, 6.07) is 14.1. The van der Waals surface area contributed by atoms with E-state index in [9.17, 15) is 21.6 Å². The molecule has 1 fully saturated rings. The number of amides is 1. The van der Waals surface area contributed by atoms with Crippen LogP contribution in [0.2, 0.25) is 0 Å². The molecule has 0 bridgehead atoms. The number of carbonyl (C=O) groups excluding carboxylic acids is 1. The average molecular weight is 465 g/mol. The van der Waals surface area contributed by atoms with Crippen LogP contribution in [0.25, 0.3) is 0 Å². The normalized spacial score (nSPS) is 15.9. The highest BCUT2D eigenvalue weighted by atomic mass is 32.2. The van der Waals surface area contributed by atoms with Crippen molar-refractivity contribution in [2.45, 2.75) is 41.9 Å². The summed E-state index contributed by atoms with van der Waals surface area (Å²) in [4.78, 5) is 12.8. The number of nitrogens with one attached hydrogen (secondary N) is 1. The van der Waals surface area contributed by atoms with Crippen molar-refractivity contribution in [3.63, 3.8) is 0 Å². The molecule has 1 aliphatic rings. The lowest BCUT2D eigenvalue weighted by Crippen LogP contribution is -2.32. The first-order chi connectivity index (χ1) is 14.8. The van der Waals surface area contributed by atoms with Gasteiger partial charge < -0.3 is 5.32 Å². The SMILES string of the molecule is O=C(NCCCS(=O)(=O)c1ccccc1)c1ccc(S(=O)(=O)N2CCCCCC2)cc1. The molecule has 0 saturated carbocycles. The number of hydrogen-bond acceptors (Lipinski definition) is 5. The van der Waals surface area contributed by atoms with Crippen LogP contribution in [0.5, 0.6) is 0 Å². The predicted octanol–water partition coefficient (Wildman–Crippen LogP) is 2.85. The van der Waals surface area contributed by atoms with Gasteiger partial charge in [-0.3, -0.25) is 4.79 Å². The average Bonchev–Trinajstić information content (AvgIpc) is 3.07. The van der Waals surface area contributed by atoms with Crippen molar-refractivity contribution in [1.29, 1.82) is 0 Å². The molecule has 7 nitrogen and oxygen atoms in total. The van der Waals surface area contributed by atoms with Crippen LogP contribution >= 0.6 is 0 Å². The Morgan fingerprint density at radius 1 is 0.806 bits per heavy atom. The van der Waals surface area contributed by atoms with E-state index >= 15 is 0 Å². The van der Waals surface area contributed by atoms with Gasteiger partial charge in [0, 0.05) is 25.2 Å². The molecule has 0 aromatic heterocycles. The molecule has 3 rings (SSSR count). The van der Waals surface area contributed by atoms with Gasteiger partial charge in [-0.05, 0) is 55.7 Å².